The summed E-state index contributed by atoms with van der Waals surface area (Å²) in [5.41, 5.74) is 1.12. The Balaban J connectivity index is 1.49. The second kappa shape index (κ2) is 8.62. The zero-order valence-corrected chi connectivity index (χ0v) is 14.8. The minimum absolute atomic E-state index is 0.0404. The van der Waals surface area contributed by atoms with E-state index in [0.29, 0.717) is 34.5 Å². The first-order chi connectivity index (χ1) is 12.6. The quantitative estimate of drug-likeness (QED) is 0.649. The van der Waals surface area contributed by atoms with Crippen LogP contribution in [0.1, 0.15) is 5.56 Å². The Morgan fingerprint density at radius 3 is 2.77 bits per heavy atom. The van der Waals surface area contributed by atoms with Crippen molar-refractivity contribution in [2.24, 2.45) is 0 Å². The number of para-hydroxylation sites is 1. The van der Waals surface area contributed by atoms with Crippen LogP contribution in [-0.4, -0.2) is 28.0 Å². The molecule has 0 bridgehead atoms. The molecule has 0 unspecified atom stereocenters. The molecule has 0 aliphatic carbocycles. The lowest BCUT2D eigenvalue weighted by molar-refractivity contribution is -0.121. The van der Waals surface area contributed by atoms with Gasteiger partial charge in [-0.1, -0.05) is 30.3 Å². The third kappa shape index (κ3) is 4.49. The van der Waals surface area contributed by atoms with Gasteiger partial charge in [0.2, 0.25) is 11.3 Å². The van der Waals surface area contributed by atoms with E-state index in [1.807, 2.05) is 6.07 Å². The molecule has 0 saturated carbocycles. The number of fused-ring (bicyclic) bond motifs is 1. The maximum Gasteiger partial charge on any atom is 0.241 e. The number of carbonyl (C=O) groups excluding carboxylic acids is 1. The summed E-state index contributed by atoms with van der Waals surface area (Å²) in [5.74, 6) is 0.852. The van der Waals surface area contributed by atoms with Crippen molar-refractivity contribution >= 4 is 28.6 Å². The van der Waals surface area contributed by atoms with Crippen LogP contribution in [0.5, 0.6) is 0 Å². The van der Waals surface area contributed by atoms with Gasteiger partial charge < -0.3 is 5.32 Å². The van der Waals surface area contributed by atoms with E-state index in [1.54, 1.807) is 48.2 Å². The number of thioether (sulfide) groups is 1. The Morgan fingerprint density at radius 2 is 1.92 bits per heavy atom. The largest absolute Gasteiger partial charge is 0.354 e. The third-order valence-electron chi connectivity index (χ3n) is 3.84. The average molecular weight is 371 g/mol. The van der Waals surface area contributed by atoms with Crippen molar-refractivity contribution in [2.45, 2.75) is 12.3 Å². The molecule has 0 aliphatic heterocycles. The zero-order valence-electron chi connectivity index (χ0n) is 14.0. The van der Waals surface area contributed by atoms with Crippen LogP contribution < -0.4 is 10.7 Å². The number of nitrogens with one attached hydrogen (secondary N) is 1. The molecule has 0 saturated heterocycles. The molecule has 3 rings (SSSR count). The average Bonchev–Trinajstić information content (AvgIpc) is 2.65. The molecule has 7 heteroatoms. The number of amides is 1. The van der Waals surface area contributed by atoms with Gasteiger partial charge in [-0.3, -0.25) is 14.3 Å². The summed E-state index contributed by atoms with van der Waals surface area (Å²) in [5, 5.41) is 7.39. The summed E-state index contributed by atoms with van der Waals surface area (Å²) in [4.78, 5) is 23.9. The van der Waals surface area contributed by atoms with Crippen LogP contribution in [0.2, 0.25) is 0 Å². The highest BCUT2D eigenvalue weighted by atomic mass is 32.2. The van der Waals surface area contributed by atoms with Gasteiger partial charge in [-0.25, -0.2) is 4.39 Å². The van der Waals surface area contributed by atoms with E-state index in [0.717, 1.165) is 0 Å². The molecule has 134 valence electrons. The van der Waals surface area contributed by atoms with Crippen molar-refractivity contribution in [2.75, 3.05) is 12.3 Å². The van der Waals surface area contributed by atoms with Crippen LogP contribution >= 0.6 is 11.8 Å². The van der Waals surface area contributed by atoms with E-state index in [2.05, 4.69) is 10.4 Å². The molecule has 0 aliphatic rings. The Bertz CT molecular complexity index is 974. The number of carbonyl (C=O) groups is 1. The molecule has 1 aromatic heterocycles. The van der Waals surface area contributed by atoms with Gasteiger partial charge >= 0.3 is 0 Å². The van der Waals surface area contributed by atoms with Gasteiger partial charge in [0.15, 0.2) is 0 Å². The van der Waals surface area contributed by atoms with E-state index < -0.39 is 0 Å². The maximum absolute atomic E-state index is 13.5. The Kier molecular flexibility index (Phi) is 6.01. The minimum Gasteiger partial charge on any atom is -0.354 e. The van der Waals surface area contributed by atoms with Crippen LogP contribution in [0.4, 0.5) is 4.39 Å². The molecule has 5 nitrogen and oxygen atoms in total. The monoisotopic (exact) mass is 371 g/mol. The third-order valence-corrected chi connectivity index (χ3v) is 4.85. The summed E-state index contributed by atoms with van der Waals surface area (Å²) in [6.07, 6.45) is 1.22. The predicted octanol–water partition coefficient (Wildman–Crippen LogP) is 2.59. The van der Waals surface area contributed by atoms with Gasteiger partial charge in [0, 0.05) is 23.4 Å². The number of nitrogens with zero attached hydrogens (tertiary/aromatic N) is 2. The van der Waals surface area contributed by atoms with E-state index in [4.69, 9.17) is 0 Å². The molecule has 2 aromatic carbocycles. The summed E-state index contributed by atoms with van der Waals surface area (Å²) in [7, 11) is 0. The van der Waals surface area contributed by atoms with Crippen LogP contribution in [0.25, 0.3) is 10.9 Å². The highest BCUT2D eigenvalue weighted by Gasteiger charge is 2.07. The molecule has 0 fully saturated rings. The van der Waals surface area contributed by atoms with E-state index in [9.17, 15) is 14.0 Å². The SMILES string of the molecule is O=C(Cn1ncc(=O)c2ccccc21)NCCSCc1ccccc1F. The number of hydrogen-bond donors (Lipinski definition) is 1. The fraction of sp³-hybridized carbons (Fsp3) is 0.211. The highest BCUT2D eigenvalue weighted by molar-refractivity contribution is 7.98. The van der Waals surface area contributed by atoms with Crippen LogP contribution in [0.15, 0.2) is 59.5 Å². The Hall–Kier alpha value is -2.67. The molecule has 1 amide bonds. The number of halogens is 1. The molecular weight excluding hydrogens is 353 g/mol. The highest BCUT2D eigenvalue weighted by Crippen LogP contribution is 2.14. The normalized spacial score (nSPS) is 10.8. The second-order valence-corrected chi connectivity index (χ2v) is 6.78. The van der Waals surface area contributed by atoms with Crippen molar-refractivity contribution in [3.8, 4) is 0 Å². The fourth-order valence-electron chi connectivity index (χ4n) is 2.54. The van der Waals surface area contributed by atoms with E-state index in [-0.39, 0.29) is 23.7 Å². The summed E-state index contributed by atoms with van der Waals surface area (Å²) in [6, 6.07) is 13.7. The van der Waals surface area contributed by atoms with Crippen LogP contribution in [0.3, 0.4) is 0 Å². The van der Waals surface area contributed by atoms with Gasteiger partial charge in [0.05, 0.1) is 11.7 Å². The Morgan fingerprint density at radius 1 is 1.15 bits per heavy atom. The number of aromatic nitrogens is 2. The van der Waals surface area contributed by atoms with Crippen molar-refractivity contribution in [3.05, 3.63) is 76.3 Å². The van der Waals surface area contributed by atoms with Gasteiger partial charge in [-0.15, -0.1) is 0 Å². The maximum atomic E-state index is 13.5. The summed E-state index contributed by atoms with van der Waals surface area (Å²) in [6.45, 7) is 0.523. The molecule has 1 N–H and O–H groups in total. The van der Waals surface area contributed by atoms with Crippen LogP contribution in [0, 0.1) is 5.82 Å². The minimum atomic E-state index is -0.208. The molecular formula is C19H18FN3O2S. The molecule has 0 spiro atoms. The number of hydrogen-bond acceptors (Lipinski definition) is 4. The van der Waals surface area contributed by atoms with Crippen LogP contribution in [-0.2, 0) is 17.1 Å². The van der Waals surface area contributed by atoms with Crippen molar-refractivity contribution in [1.82, 2.24) is 15.1 Å². The zero-order chi connectivity index (χ0) is 18.4. The molecule has 26 heavy (non-hydrogen) atoms. The topological polar surface area (TPSA) is 64.0 Å². The van der Waals surface area contributed by atoms with Gasteiger partial charge in [0.25, 0.3) is 0 Å². The first-order valence-corrected chi connectivity index (χ1v) is 9.33. The molecule has 0 atom stereocenters. The van der Waals surface area contributed by atoms with Gasteiger partial charge in [-0.2, -0.15) is 16.9 Å². The van der Waals surface area contributed by atoms with Crippen molar-refractivity contribution in [3.63, 3.8) is 0 Å². The fourth-order valence-corrected chi connectivity index (χ4v) is 3.38. The lowest BCUT2D eigenvalue weighted by atomic mass is 10.2. The second-order valence-electron chi connectivity index (χ2n) is 5.68. The first-order valence-electron chi connectivity index (χ1n) is 8.18. The number of rotatable bonds is 7. The lowest BCUT2D eigenvalue weighted by Gasteiger charge is -2.10. The van der Waals surface area contributed by atoms with Crippen molar-refractivity contribution in [1.29, 1.82) is 0 Å². The summed E-state index contributed by atoms with van der Waals surface area (Å²) < 4.78 is 15.0. The Labute approximate surface area is 154 Å². The van der Waals surface area contributed by atoms with Crippen molar-refractivity contribution < 1.29 is 9.18 Å². The van der Waals surface area contributed by atoms with Gasteiger partial charge in [-0.05, 0) is 23.8 Å². The molecule has 1 heterocycles. The van der Waals surface area contributed by atoms with E-state index in [1.165, 1.54) is 16.9 Å². The van der Waals surface area contributed by atoms with Gasteiger partial charge in [0.1, 0.15) is 12.4 Å². The molecule has 0 radical (unpaired) electrons. The number of benzene rings is 2. The standard InChI is InChI=1S/C19H18FN3O2S/c20-16-7-3-1-5-14(16)13-26-10-9-21-19(25)12-23-17-8-4-2-6-15(17)18(24)11-22-23/h1-8,11H,9-10,12-13H2,(H,21,25). The lowest BCUT2D eigenvalue weighted by Crippen LogP contribution is -2.30. The summed E-state index contributed by atoms with van der Waals surface area (Å²) >= 11 is 1.55. The van der Waals surface area contributed by atoms with E-state index >= 15 is 0 Å². The predicted molar refractivity (Wildman–Crippen MR) is 102 cm³/mol. The molecule has 3 aromatic rings. The smallest absolute Gasteiger partial charge is 0.241 e. The first kappa shape index (κ1) is 18.1.